The zero-order valence-corrected chi connectivity index (χ0v) is 13.9. The van der Waals surface area contributed by atoms with Crippen LogP contribution in [0.15, 0.2) is 12.4 Å². The van der Waals surface area contributed by atoms with E-state index in [1.165, 1.54) is 6.20 Å². The Morgan fingerprint density at radius 2 is 2.13 bits per heavy atom. The third-order valence-electron chi connectivity index (χ3n) is 4.30. The standard InChI is InChI=1S/C15H22N6O2/c1-10-11(7-17-21(10)14(2,3)4)13(22)20-6-5-15(23,9-20)12-8-16-19-18-12/h7-8,23H,5-6,9H2,1-4H3,(H,16,18,19). The molecule has 1 aliphatic heterocycles. The summed E-state index contributed by atoms with van der Waals surface area (Å²) in [7, 11) is 0. The fourth-order valence-electron chi connectivity index (χ4n) is 3.07. The summed E-state index contributed by atoms with van der Waals surface area (Å²) in [5, 5.41) is 25.2. The third-order valence-corrected chi connectivity index (χ3v) is 4.30. The number of nitrogens with one attached hydrogen (secondary N) is 1. The minimum Gasteiger partial charge on any atom is -0.381 e. The molecule has 1 amide bonds. The van der Waals surface area contributed by atoms with Crippen molar-refractivity contribution in [3.05, 3.63) is 29.3 Å². The largest absolute Gasteiger partial charge is 0.381 e. The fraction of sp³-hybridized carbons (Fsp3) is 0.600. The van der Waals surface area contributed by atoms with E-state index in [1.807, 2.05) is 32.4 Å². The van der Waals surface area contributed by atoms with Crippen LogP contribution in [0.2, 0.25) is 0 Å². The number of carbonyl (C=O) groups excluding carboxylic acids is 1. The van der Waals surface area contributed by atoms with Gasteiger partial charge in [0, 0.05) is 18.7 Å². The Morgan fingerprint density at radius 3 is 2.70 bits per heavy atom. The van der Waals surface area contributed by atoms with Gasteiger partial charge < -0.3 is 10.0 Å². The summed E-state index contributed by atoms with van der Waals surface area (Å²) in [6.45, 7) is 8.70. The van der Waals surface area contributed by atoms with E-state index in [9.17, 15) is 9.90 Å². The van der Waals surface area contributed by atoms with E-state index < -0.39 is 5.60 Å². The average Bonchev–Trinajstić information content (AvgIpc) is 3.16. The molecule has 23 heavy (non-hydrogen) atoms. The lowest BCUT2D eigenvalue weighted by Crippen LogP contribution is -2.35. The van der Waals surface area contributed by atoms with E-state index in [4.69, 9.17) is 0 Å². The molecule has 1 unspecified atom stereocenters. The average molecular weight is 318 g/mol. The van der Waals surface area contributed by atoms with Crippen LogP contribution in [0.3, 0.4) is 0 Å². The molecule has 8 nitrogen and oxygen atoms in total. The Morgan fingerprint density at radius 1 is 1.39 bits per heavy atom. The number of aliphatic hydroxyl groups is 1. The number of aromatic amines is 1. The molecule has 0 spiro atoms. The minimum absolute atomic E-state index is 0.114. The SMILES string of the molecule is Cc1c(C(=O)N2CCC(O)(c3cn[nH]n3)C2)cnn1C(C)(C)C. The van der Waals surface area contributed by atoms with Gasteiger partial charge in [0.25, 0.3) is 5.91 Å². The van der Waals surface area contributed by atoms with Gasteiger partial charge >= 0.3 is 0 Å². The second kappa shape index (κ2) is 5.16. The van der Waals surface area contributed by atoms with E-state index in [2.05, 4.69) is 20.5 Å². The van der Waals surface area contributed by atoms with Gasteiger partial charge in [-0.25, -0.2) is 0 Å². The van der Waals surface area contributed by atoms with Gasteiger partial charge in [-0.2, -0.15) is 20.5 Å². The van der Waals surface area contributed by atoms with Gasteiger partial charge in [-0.3, -0.25) is 9.48 Å². The van der Waals surface area contributed by atoms with Gasteiger partial charge in [0.15, 0.2) is 0 Å². The van der Waals surface area contributed by atoms with Crippen LogP contribution in [0.25, 0.3) is 0 Å². The number of rotatable bonds is 2. The molecule has 1 atom stereocenters. The van der Waals surface area contributed by atoms with Gasteiger partial charge in [0.05, 0.1) is 30.0 Å². The van der Waals surface area contributed by atoms with Crippen LogP contribution >= 0.6 is 0 Å². The van der Waals surface area contributed by atoms with Crippen molar-refractivity contribution in [3.63, 3.8) is 0 Å². The molecule has 3 rings (SSSR count). The van der Waals surface area contributed by atoms with Gasteiger partial charge in [-0.05, 0) is 27.7 Å². The molecule has 0 saturated carbocycles. The van der Waals surface area contributed by atoms with Crippen LogP contribution in [0.1, 0.15) is 48.9 Å². The molecule has 124 valence electrons. The number of amides is 1. The number of nitrogens with zero attached hydrogens (tertiary/aromatic N) is 5. The number of β-amino-alcohol motifs (C(OH)–C–C–N with tert-alkyl or cyclic N) is 1. The van der Waals surface area contributed by atoms with E-state index in [1.54, 1.807) is 11.1 Å². The zero-order valence-electron chi connectivity index (χ0n) is 13.9. The Bertz CT molecular complexity index is 715. The molecule has 0 bridgehead atoms. The Kier molecular flexibility index (Phi) is 3.51. The molecule has 3 heterocycles. The molecule has 8 heteroatoms. The first kappa shape index (κ1) is 15.7. The van der Waals surface area contributed by atoms with E-state index in [0.717, 1.165) is 5.69 Å². The number of likely N-dealkylation sites (tertiary alicyclic amines) is 1. The fourth-order valence-corrected chi connectivity index (χ4v) is 3.07. The van der Waals surface area contributed by atoms with Crippen molar-refractivity contribution in [2.24, 2.45) is 0 Å². The Hall–Kier alpha value is -2.22. The van der Waals surface area contributed by atoms with Crippen molar-refractivity contribution >= 4 is 5.91 Å². The number of H-pyrrole nitrogens is 1. The highest BCUT2D eigenvalue weighted by Crippen LogP contribution is 2.31. The van der Waals surface area contributed by atoms with Crippen molar-refractivity contribution in [2.45, 2.75) is 45.3 Å². The van der Waals surface area contributed by atoms with Crippen LogP contribution in [0, 0.1) is 6.92 Å². The number of hydrogen-bond acceptors (Lipinski definition) is 5. The molecule has 1 fully saturated rings. The maximum absolute atomic E-state index is 12.8. The van der Waals surface area contributed by atoms with Crippen molar-refractivity contribution in [1.82, 2.24) is 30.1 Å². The van der Waals surface area contributed by atoms with Crippen molar-refractivity contribution in [1.29, 1.82) is 0 Å². The molecule has 0 radical (unpaired) electrons. The van der Waals surface area contributed by atoms with Crippen LogP contribution in [-0.2, 0) is 11.1 Å². The highest BCUT2D eigenvalue weighted by molar-refractivity contribution is 5.95. The van der Waals surface area contributed by atoms with E-state index in [0.29, 0.717) is 24.2 Å². The predicted molar refractivity (Wildman–Crippen MR) is 82.8 cm³/mol. The lowest BCUT2D eigenvalue weighted by molar-refractivity contribution is 0.0381. The molecule has 0 aromatic carbocycles. The van der Waals surface area contributed by atoms with Gasteiger partial charge in [-0.1, -0.05) is 0 Å². The van der Waals surface area contributed by atoms with Crippen LogP contribution in [0.4, 0.5) is 0 Å². The minimum atomic E-state index is -1.14. The summed E-state index contributed by atoms with van der Waals surface area (Å²) in [5.41, 5.74) is 0.546. The summed E-state index contributed by atoms with van der Waals surface area (Å²) < 4.78 is 1.85. The van der Waals surface area contributed by atoms with Gasteiger partial charge in [-0.15, -0.1) is 0 Å². The summed E-state index contributed by atoms with van der Waals surface area (Å²) in [5.74, 6) is -0.114. The number of aromatic nitrogens is 5. The molecule has 2 N–H and O–H groups in total. The van der Waals surface area contributed by atoms with Crippen LogP contribution in [0.5, 0.6) is 0 Å². The topological polar surface area (TPSA) is 99.9 Å². The highest BCUT2D eigenvalue weighted by atomic mass is 16.3. The molecule has 2 aromatic rings. The predicted octanol–water partition coefficient (Wildman–Crippen LogP) is 0.798. The maximum Gasteiger partial charge on any atom is 0.257 e. The first-order valence-electron chi connectivity index (χ1n) is 7.65. The molecular weight excluding hydrogens is 296 g/mol. The van der Waals surface area contributed by atoms with Crippen LogP contribution < -0.4 is 0 Å². The van der Waals surface area contributed by atoms with E-state index >= 15 is 0 Å². The van der Waals surface area contributed by atoms with Crippen molar-refractivity contribution < 1.29 is 9.90 Å². The Balaban J connectivity index is 1.82. The molecule has 2 aromatic heterocycles. The van der Waals surface area contributed by atoms with Crippen molar-refractivity contribution in [2.75, 3.05) is 13.1 Å². The van der Waals surface area contributed by atoms with Gasteiger partial charge in [0.1, 0.15) is 11.3 Å². The smallest absolute Gasteiger partial charge is 0.257 e. The third kappa shape index (κ3) is 2.63. The molecule has 1 aliphatic rings. The first-order valence-corrected chi connectivity index (χ1v) is 7.65. The summed E-state index contributed by atoms with van der Waals surface area (Å²) >= 11 is 0. The second-order valence-corrected chi connectivity index (χ2v) is 7.09. The maximum atomic E-state index is 12.8. The lowest BCUT2D eigenvalue weighted by atomic mass is 10.00. The normalized spacial score (nSPS) is 21.9. The highest BCUT2D eigenvalue weighted by Gasteiger charge is 2.42. The molecular formula is C15H22N6O2. The van der Waals surface area contributed by atoms with Gasteiger partial charge in [0.2, 0.25) is 0 Å². The Labute approximate surface area is 134 Å². The lowest BCUT2D eigenvalue weighted by Gasteiger charge is -2.23. The number of hydrogen-bond donors (Lipinski definition) is 2. The van der Waals surface area contributed by atoms with E-state index in [-0.39, 0.29) is 18.0 Å². The van der Waals surface area contributed by atoms with Crippen LogP contribution in [-0.4, -0.2) is 54.2 Å². The summed E-state index contributed by atoms with van der Waals surface area (Å²) in [6, 6.07) is 0. The van der Waals surface area contributed by atoms with Crippen molar-refractivity contribution in [3.8, 4) is 0 Å². The second-order valence-electron chi connectivity index (χ2n) is 7.09. The first-order chi connectivity index (χ1) is 10.7. The quantitative estimate of drug-likeness (QED) is 0.853. The zero-order chi connectivity index (χ0) is 16.8. The summed E-state index contributed by atoms with van der Waals surface area (Å²) in [4.78, 5) is 14.4. The number of carbonyl (C=O) groups is 1. The monoisotopic (exact) mass is 318 g/mol. The summed E-state index contributed by atoms with van der Waals surface area (Å²) in [6.07, 6.45) is 3.55. The molecule has 0 aliphatic carbocycles. The molecule has 1 saturated heterocycles.